The molecule has 0 spiro atoms. The molecule has 166 valence electrons. The third-order valence-electron chi connectivity index (χ3n) is 4.79. The Bertz CT molecular complexity index is 1320. The zero-order valence-electron chi connectivity index (χ0n) is 17.4. The van der Waals surface area contributed by atoms with Crippen molar-refractivity contribution < 1.29 is 18.3 Å². The fourth-order valence-corrected chi connectivity index (χ4v) is 3.08. The molecule has 1 amide bonds. The number of nitrogens with one attached hydrogen (secondary N) is 1. The van der Waals surface area contributed by atoms with E-state index in [0.29, 0.717) is 16.8 Å². The summed E-state index contributed by atoms with van der Waals surface area (Å²) in [5.41, 5.74) is 1.87. The minimum atomic E-state index is -0.374. The van der Waals surface area contributed by atoms with Crippen LogP contribution in [-0.4, -0.2) is 15.7 Å². The molecule has 6 nitrogen and oxygen atoms in total. The Hall–Kier alpha value is -4.33. The van der Waals surface area contributed by atoms with Gasteiger partial charge in [-0.05, 0) is 59.7 Å². The van der Waals surface area contributed by atoms with Crippen LogP contribution < -0.4 is 15.6 Å². The van der Waals surface area contributed by atoms with E-state index in [9.17, 15) is 18.4 Å². The van der Waals surface area contributed by atoms with E-state index in [1.807, 2.05) is 0 Å². The highest BCUT2D eigenvalue weighted by molar-refractivity contribution is 5.94. The van der Waals surface area contributed by atoms with Gasteiger partial charge in [0.15, 0.2) is 0 Å². The van der Waals surface area contributed by atoms with E-state index >= 15 is 0 Å². The van der Waals surface area contributed by atoms with Crippen LogP contribution in [0.1, 0.15) is 21.5 Å². The van der Waals surface area contributed by atoms with Crippen LogP contribution in [0, 0.1) is 11.6 Å². The zero-order valence-corrected chi connectivity index (χ0v) is 17.4. The predicted molar refractivity (Wildman–Crippen MR) is 118 cm³/mol. The number of benzene rings is 3. The van der Waals surface area contributed by atoms with Crippen molar-refractivity contribution in [3.63, 3.8) is 0 Å². The molecule has 1 aromatic heterocycles. The van der Waals surface area contributed by atoms with Crippen molar-refractivity contribution in [3.8, 4) is 11.6 Å². The molecule has 0 aliphatic heterocycles. The summed E-state index contributed by atoms with van der Waals surface area (Å²) in [5, 5.41) is 6.95. The van der Waals surface area contributed by atoms with Gasteiger partial charge in [-0.15, -0.1) is 5.10 Å². The van der Waals surface area contributed by atoms with E-state index in [4.69, 9.17) is 4.74 Å². The summed E-state index contributed by atoms with van der Waals surface area (Å²) in [6.07, 6.45) is 0. The first kappa shape index (κ1) is 21.9. The standard InChI is InChI=1S/C25H19F2N3O3/c26-20-8-4-17(5-9-20)15-28-25(32)19-6-10-22(11-7-19)30-24(31)13-12-23(29-30)33-16-18-2-1-3-21(27)14-18/h1-14H,15-16H2,(H,28,32). The minimum absolute atomic E-state index is 0.0934. The molecule has 3 aromatic carbocycles. The van der Waals surface area contributed by atoms with Gasteiger partial charge in [0.25, 0.3) is 11.5 Å². The Labute approximate surface area is 188 Å². The first-order valence-corrected chi connectivity index (χ1v) is 10.1. The van der Waals surface area contributed by atoms with Crippen LogP contribution in [0.4, 0.5) is 8.78 Å². The lowest BCUT2D eigenvalue weighted by molar-refractivity contribution is 0.0951. The maximum absolute atomic E-state index is 13.3. The third kappa shape index (κ3) is 5.68. The molecule has 0 atom stereocenters. The van der Waals surface area contributed by atoms with Crippen molar-refractivity contribution in [3.05, 3.63) is 124 Å². The summed E-state index contributed by atoms with van der Waals surface area (Å²) in [6, 6.07) is 21.0. The van der Waals surface area contributed by atoms with E-state index in [1.165, 1.54) is 36.4 Å². The smallest absolute Gasteiger partial charge is 0.271 e. The SMILES string of the molecule is O=C(NCc1ccc(F)cc1)c1ccc(-n2nc(OCc3cccc(F)c3)ccc2=O)cc1. The molecule has 1 heterocycles. The number of amides is 1. The summed E-state index contributed by atoms with van der Waals surface area (Å²) in [5.74, 6) is -0.817. The summed E-state index contributed by atoms with van der Waals surface area (Å²) in [6.45, 7) is 0.350. The number of aromatic nitrogens is 2. The van der Waals surface area contributed by atoms with Gasteiger partial charge in [-0.25, -0.2) is 8.78 Å². The summed E-state index contributed by atoms with van der Waals surface area (Å²) in [4.78, 5) is 24.7. The Morgan fingerprint density at radius 1 is 0.879 bits per heavy atom. The van der Waals surface area contributed by atoms with Gasteiger partial charge >= 0.3 is 0 Å². The molecule has 0 aliphatic carbocycles. The van der Waals surface area contributed by atoms with Gasteiger partial charge in [0.05, 0.1) is 5.69 Å². The Kier molecular flexibility index (Phi) is 6.54. The molecule has 0 radical (unpaired) electrons. The second-order valence-corrected chi connectivity index (χ2v) is 7.20. The number of hydrogen-bond donors (Lipinski definition) is 1. The van der Waals surface area contributed by atoms with Crippen LogP contribution in [0.2, 0.25) is 0 Å². The van der Waals surface area contributed by atoms with Crippen molar-refractivity contribution >= 4 is 5.91 Å². The molecule has 4 aromatic rings. The molecule has 0 saturated carbocycles. The topological polar surface area (TPSA) is 73.2 Å². The van der Waals surface area contributed by atoms with E-state index in [-0.39, 0.29) is 42.1 Å². The Morgan fingerprint density at radius 2 is 1.64 bits per heavy atom. The molecule has 0 aliphatic rings. The first-order chi connectivity index (χ1) is 16.0. The lowest BCUT2D eigenvalue weighted by Crippen LogP contribution is -2.23. The fraction of sp³-hybridized carbons (Fsp3) is 0.0800. The van der Waals surface area contributed by atoms with E-state index in [1.54, 1.807) is 48.5 Å². The van der Waals surface area contributed by atoms with Gasteiger partial charge in [0.2, 0.25) is 5.88 Å². The van der Waals surface area contributed by atoms with Crippen LogP contribution in [0.3, 0.4) is 0 Å². The highest BCUT2D eigenvalue weighted by Gasteiger charge is 2.09. The first-order valence-electron chi connectivity index (χ1n) is 10.1. The number of halogens is 2. The number of carbonyl (C=O) groups excluding carboxylic acids is 1. The average molecular weight is 447 g/mol. The molecule has 0 saturated heterocycles. The van der Waals surface area contributed by atoms with Crippen LogP contribution in [0.25, 0.3) is 5.69 Å². The monoisotopic (exact) mass is 447 g/mol. The highest BCUT2D eigenvalue weighted by Crippen LogP contribution is 2.12. The molecular weight excluding hydrogens is 428 g/mol. The maximum atomic E-state index is 13.3. The third-order valence-corrected chi connectivity index (χ3v) is 4.79. The molecule has 8 heteroatoms. The van der Waals surface area contributed by atoms with Crippen molar-refractivity contribution in [1.29, 1.82) is 0 Å². The molecular formula is C25H19F2N3O3. The number of nitrogens with zero attached hydrogens (tertiary/aromatic N) is 2. The van der Waals surface area contributed by atoms with Crippen LogP contribution >= 0.6 is 0 Å². The Morgan fingerprint density at radius 3 is 2.36 bits per heavy atom. The van der Waals surface area contributed by atoms with Gasteiger partial charge < -0.3 is 10.1 Å². The van der Waals surface area contributed by atoms with Crippen LogP contribution in [0.5, 0.6) is 5.88 Å². The second-order valence-electron chi connectivity index (χ2n) is 7.20. The van der Waals surface area contributed by atoms with Crippen LogP contribution in [0.15, 0.2) is 89.7 Å². The molecule has 0 unspecified atom stereocenters. The predicted octanol–water partition coefficient (Wildman–Crippen LogP) is 4.02. The lowest BCUT2D eigenvalue weighted by Gasteiger charge is -2.10. The van der Waals surface area contributed by atoms with Crippen molar-refractivity contribution in [2.75, 3.05) is 0 Å². The normalized spacial score (nSPS) is 10.6. The summed E-state index contributed by atoms with van der Waals surface area (Å²) >= 11 is 0. The number of hydrogen-bond acceptors (Lipinski definition) is 4. The van der Waals surface area contributed by atoms with Gasteiger partial charge in [0.1, 0.15) is 18.2 Å². The molecule has 1 N–H and O–H groups in total. The average Bonchev–Trinajstić information content (AvgIpc) is 2.83. The molecule has 0 bridgehead atoms. The Balaban J connectivity index is 1.43. The van der Waals surface area contributed by atoms with Gasteiger partial charge in [-0.2, -0.15) is 4.68 Å². The van der Waals surface area contributed by atoms with Gasteiger partial charge in [-0.1, -0.05) is 24.3 Å². The fourth-order valence-electron chi connectivity index (χ4n) is 3.08. The van der Waals surface area contributed by atoms with Crippen molar-refractivity contribution in [2.45, 2.75) is 13.2 Å². The maximum Gasteiger partial charge on any atom is 0.271 e. The van der Waals surface area contributed by atoms with Crippen molar-refractivity contribution in [1.82, 2.24) is 15.1 Å². The molecule has 4 rings (SSSR count). The number of carbonyl (C=O) groups is 1. The van der Waals surface area contributed by atoms with E-state index in [2.05, 4.69) is 10.4 Å². The largest absolute Gasteiger partial charge is 0.472 e. The second kappa shape index (κ2) is 9.86. The lowest BCUT2D eigenvalue weighted by atomic mass is 10.1. The highest BCUT2D eigenvalue weighted by atomic mass is 19.1. The van der Waals surface area contributed by atoms with Crippen LogP contribution in [-0.2, 0) is 13.2 Å². The summed E-state index contributed by atoms with van der Waals surface area (Å²) < 4.78 is 33.0. The van der Waals surface area contributed by atoms with E-state index < -0.39 is 0 Å². The summed E-state index contributed by atoms with van der Waals surface area (Å²) in [7, 11) is 0. The quantitative estimate of drug-likeness (QED) is 0.465. The molecule has 33 heavy (non-hydrogen) atoms. The van der Waals surface area contributed by atoms with Gasteiger partial charge in [-0.3, -0.25) is 9.59 Å². The van der Waals surface area contributed by atoms with E-state index in [0.717, 1.165) is 10.2 Å². The number of rotatable bonds is 7. The molecule has 0 fully saturated rings. The number of ether oxygens (including phenoxy) is 1. The minimum Gasteiger partial charge on any atom is -0.472 e. The van der Waals surface area contributed by atoms with Gasteiger partial charge in [0, 0.05) is 24.2 Å². The zero-order chi connectivity index (χ0) is 23.2. The van der Waals surface area contributed by atoms with Crippen molar-refractivity contribution in [2.24, 2.45) is 0 Å².